The molecule has 17 heavy (non-hydrogen) atoms. The highest BCUT2D eigenvalue weighted by Gasteiger charge is 2.39. The normalized spacial score (nSPS) is 35.8. The van der Waals surface area contributed by atoms with Crippen LogP contribution in [0.4, 0.5) is 0 Å². The maximum Gasteiger partial charge on any atom is 0.0431 e. The van der Waals surface area contributed by atoms with Gasteiger partial charge in [0.05, 0.1) is 0 Å². The fraction of sp³-hybridized carbons (Fsp3) is 1.00. The minimum Gasteiger partial charge on any atom is -0.396 e. The molecule has 0 saturated heterocycles. The first-order valence-electron chi connectivity index (χ1n) is 7.12. The van der Waals surface area contributed by atoms with E-state index >= 15 is 0 Å². The van der Waals surface area contributed by atoms with Crippen molar-refractivity contribution in [2.45, 2.75) is 64.5 Å². The van der Waals surface area contributed by atoms with E-state index in [2.05, 4.69) is 26.1 Å². The van der Waals surface area contributed by atoms with E-state index < -0.39 is 0 Å². The van der Waals surface area contributed by atoms with Crippen LogP contribution in [0.2, 0.25) is 0 Å². The van der Waals surface area contributed by atoms with E-state index in [9.17, 15) is 0 Å². The molecule has 0 bridgehead atoms. The molecule has 0 amide bonds. The van der Waals surface area contributed by atoms with Crippen LogP contribution in [0.1, 0.15) is 52.9 Å². The van der Waals surface area contributed by atoms with Gasteiger partial charge in [0.25, 0.3) is 0 Å². The van der Waals surface area contributed by atoms with Gasteiger partial charge >= 0.3 is 0 Å². The van der Waals surface area contributed by atoms with Crippen molar-refractivity contribution < 1.29 is 5.11 Å². The Balaban J connectivity index is 2.59. The van der Waals surface area contributed by atoms with E-state index in [4.69, 9.17) is 10.8 Å². The quantitative estimate of drug-likeness (QED) is 0.666. The molecule has 0 heterocycles. The average molecular weight is 242 g/mol. The highest BCUT2D eigenvalue weighted by Crippen LogP contribution is 2.36. The molecule has 3 heteroatoms. The monoisotopic (exact) mass is 242 g/mol. The van der Waals surface area contributed by atoms with Crippen LogP contribution in [-0.4, -0.2) is 29.8 Å². The Morgan fingerprint density at radius 3 is 2.71 bits per heavy atom. The lowest BCUT2D eigenvalue weighted by Gasteiger charge is -2.47. The Labute approximate surface area is 106 Å². The van der Waals surface area contributed by atoms with Crippen LogP contribution >= 0.6 is 0 Å². The highest BCUT2D eigenvalue weighted by atomic mass is 16.2. The molecule has 102 valence electrons. The van der Waals surface area contributed by atoms with Crippen molar-refractivity contribution in [2.24, 2.45) is 17.6 Å². The van der Waals surface area contributed by atoms with E-state index in [1.54, 1.807) is 0 Å². The standard InChI is InChI=1S/C14H30N2O/c1-11-6-7-12(2)14(9-11,10-15)16-13(3)5-4-8-17/h11-13,16-17H,4-10,15H2,1-3H3. The predicted octanol–water partition coefficient (Wildman–Crippen LogP) is 1.89. The molecule has 4 N–H and O–H groups in total. The molecule has 4 atom stereocenters. The third-order valence-corrected chi connectivity index (χ3v) is 4.44. The van der Waals surface area contributed by atoms with Crippen molar-refractivity contribution in [3.8, 4) is 0 Å². The number of nitrogens with two attached hydrogens (primary N) is 1. The Hall–Kier alpha value is -0.120. The molecular weight excluding hydrogens is 212 g/mol. The first-order chi connectivity index (χ1) is 8.04. The second-order valence-electron chi connectivity index (χ2n) is 6.06. The molecule has 1 aliphatic rings. The molecule has 0 aliphatic heterocycles. The predicted molar refractivity (Wildman–Crippen MR) is 72.9 cm³/mol. The lowest BCUT2D eigenvalue weighted by Crippen LogP contribution is -2.60. The molecule has 0 radical (unpaired) electrons. The van der Waals surface area contributed by atoms with E-state index in [1.165, 1.54) is 19.3 Å². The minimum atomic E-state index is 0.118. The van der Waals surface area contributed by atoms with Gasteiger partial charge in [-0.25, -0.2) is 0 Å². The zero-order valence-corrected chi connectivity index (χ0v) is 11.7. The van der Waals surface area contributed by atoms with Gasteiger partial charge in [0, 0.05) is 24.7 Å². The average Bonchev–Trinajstić information content (AvgIpc) is 2.31. The molecule has 1 aliphatic carbocycles. The Morgan fingerprint density at radius 2 is 2.12 bits per heavy atom. The molecule has 4 unspecified atom stereocenters. The van der Waals surface area contributed by atoms with E-state index in [0.29, 0.717) is 12.0 Å². The Morgan fingerprint density at radius 1 is 1.41 bits per heavy atom. The van der Waals surface area contributed by atoms with Crippen LogP contribution in [0.25, 0.3) is 0 Å². The number of hydrogen-bond donors (Lipinski definition) is 3. The summed E-state index contributed by atoms with van der Waals surface area (Å²) in [4.78, 5) is 0. The fourth-order valence-electron chi connectivity index (χ4n) is 3.24. The summed E-state index contributed by atoms with van der Waals surface area (Å²) >= 11 is 0. The maximum absolute atomic E-state index is 8.88. The molecular formula is C14H30N2O. The second-order valence-corrected chi connectivity index (χ2v) is 6.06. The number of aliphatic hydroxyl groups excluding tert-OH is 1. The fourth-order valence-corrected chi connectivity index (χ4v) is 3.24. The molecule has 0 aromatic heterocycles. The molecule has 1 fully saturated rings. The van der Waals surface area contributed by atoms with E-state index in [0.717, 1.165) is 25.3 Å². The van der Waals surface area contributed by atoms with Gasteiger partial charge in [-0.3, -0.25) is 0 Å². The molecule has 3 nitrogen and oxygen atoms in total. The summed E-state index contributed by atoms with van der Waals surface area (Å²) in [6, 6.07) is 0.443. The number of nitrogens with one attached hydrogen (secondary N) is 1. The third kappa shape index (κ3) is 3.94. The highest BCUT2D eigenvalue weighted by molar-refractivity contribution is 4.99. The van der Waals surface area contributed by atoms with Gasteiger partial charge in [-0.05, 0) is 44.4 Å². The summed E-state index contributed by atoms with van der Waals surface area (Å²) in [6.07, 6.45) is 5.69. The van der Waals surface area contributed by atoms with Crippen LogP contribution < -0.4 is 11.1 Å². The van der Waals surface area contributed by atoms with Gasteiger partial charge in [0.2, 0.25) is 0 Å². The molecule has 1 saturated carbocycles. The number of hydrogen-bond acceptors (Lipinski definition) is 3. The van der Waals surface area contributed by atoms with Crippen LogP contribution in [0.15, 0.2) is 0 Å². The van der Waals surface area contributed by atoms with Crippen LogP contribution in [0.3, 0.4) is 0 Å². The lowest BCUT2D eigenvalue weighted by molar-refractivity contribution is 0.111. The third-order valence-electron chi connectivity index (χ3n) is 4.44. The van der Waals surface area contributed by atoms with Gasteiger partial charge in [0.15, 0.2) is 0 Å². The topological polar surface area (TPSA) is 58.3 Å². The van der Waals surface area contributed by atoms with Gasteiger partial charge in [-0.15, -0.1) is 0 Å². The van der Waals surface area contributed by atoms with Crippen molar-refractivity contribution in [2.75, 3.05) is 13.2 Å². The smallest absolute Gasteiger partial charge is 0.0431 e. The summed E-state index contributed by atoms with van der Waals surface area (Å²) in [7, 11) is 0. The first kappa shape index (κ1) is 14.9. The largest absolute Gasteiger partial charge is 0.396 e. The summed E-state index contributed by atoms with van der Waals surface area (Å²) in [5.74, 6) is 1.42. The molecule has 0 spiro atoms. The molecule has 0 aromatic rings. The zero-order chi connectivity index (χ0) is 12.9. The van der Waals surface area contributed by atoms with Gasteiger partial charge < -0.3 is 16.2 Å². The van der Waals surface area contributed by atoms with Crippen molar-refractivity contribution in [3.05, 3.63) is 0 Å². The van der Waals surface area contributed by atoms with Crippen LogP contribution in [-0.2, 0) is 0 Å². The van der Waals surface area contributed by atoms with E-state index in [-0.39, 0.29) is 12.1 Å². The maximum atomic E-state index is 8.88. The van der Waals surface area contributed by atoms with Crippen LogP contribution in [0, 0.1) is 11.8 Å². The first-order valence-corrected chi connectivity index (χ1v) is 7.12. The summed E-state index contributed by atoms with van der Waals surface area (Å²) in [5, 5.41) is 12.6. The summed E-state index contributed by atoms with van der Waals surface area (Å²) in [5.41, 5.74) is 6.17. The number of aliphatic hydroxyl groups is 1. The van der Waals surface area contributed by atoms with Gasteiger partial charge in [-0.2, -0.15) is 0 Å². The van der Waals surface area contributed by atoms with Crippen molar-refractivity contribution in [1.29, 1.82) is 0 Å². The molecule has 1 rings (SSSR count). The lowest BCUT2D eigenvalue weighted by atomic mass is 9.69. The SMILES string of the molecule is CC1CCC(C)C(CN)(NC(C)CCCO)C1. The second kappa shape index (κ2) is 6.72. The zero-order valence-electron chi connectivity index (χ0n) is 11.7. The number of rotatable bonds is 6. The Kier molecular flexibility index (Phi) is 5.90. The van der Waals surface area contributed by atoms with Gasteiger partial charge in [-0.1, -0.05) is 20.3 Å². The summed E-state index contributed by atoms with van der Waals surface area (Å²) in [6.45, 7) is 7.87. The van der Waals surface area contributed by atoms with Crippen LogP contribution in [0.5, 0.6) is 0 Å². The Bertz CT molecular complexity index is 222. The van der Waals surface area contributed by atoms with Gasteiger partial charge in [0.1, 0.15) is 0 Å². The minimum absolute atomic E-state index is 0.118. The van der Waals surface area contributed by atoms with Crippen molar-refractivity contribution >= 4 is 0 Å². The van der Waals surface area contributed by atoms with Crippen molar-refractivity contribution in [3.63, 3.8) is 0 Å². The molecule has 0 aromatic carbocycles. The summed E-state index contributed by atoms with van der Waals surface area (Å²) < 4.78 is 0. The van der Waals surface area contributed by atoms with Crippen molar-refractivity contribution in [1.82, 2.24) is 5.32 Å². The van der Waals surface area contributed by atoms with E-state index in [1.807, 2.05) is 0 Å².